The van der Waals surface area contributed by atoms with Crippen molar-refractivity contribution in [2.75, 3.05) is 44.6 Å². The number of hydrogen-bond acceptors (Lipinski definition) is 5. The molecule has 0 radical (unpaired) electrons. The number of hydrogen-bond donors (Lipinski definition) is 2. The third kappa shape index (κ3) is 4.76. The first-order chi connectivity index (χ1) is 14.4. The van der Waals surface area contributed by atoms with Crippen molar-refractivity contribution in [3.63, 3.8) is 0 Å². The molecule has 1 unspecified atom stereocenters. The van der Waals surface area contributed by atoms with E-state index in [1.54, 1.807) is 17.0 Å². The number of methoxy groups -OCH3 is 3. The van der Waals surface area contributed by atoms with Gasteiger partial charge in [0.25, 0.3) is 0 Å². The molecule has 8 nitrogen and oxygen atoms in total. The maximum Gasteiger partial charge on any atom is 0.319 e. The van der Waals surface area contributed by atoms with Gasteiger partial charge in [0, 0.05) is 43.2 Å². The maximum atomic E-state index is 12.4. The summed E-state index contributed by atoms with van der Waals surface area (Å²) in [5.74, 6) is 1.45. The Bertz CT molecular complexity index is 888. The van der Waals surface area contributed by atoms with Crippen molar-refractivity contribution in [2.45, 2.75) is 13.3 Å². The van der Waals surface area contributed by atoms with E-state index in [2.05, 4.69) is 10.6 Å². The fourth-order valence-corrected chi connectivity index (χ4v) is 3.46. The normalized spacial score (nSPS) is 15.7. The maximum absolute atomic E-state index is 12.4. The summed E-state index contributed by atoms with van der Waals surface area (Å²) in [6, 6.07) is 10.8. The molecule has 160 valence electrons. The summed E-state index contributed by atoms with van der Waals surface area (Å²) >= 11 is 0. The highest BCUT2D eigenvalue weighted by molar-refractivity contribution is 5.96. The Kier molecular flexibility index (Phi) is 6.66. The van der Waals surface area contributed by atoms with E-state index in [1.165, 1.54) is 21.3 Å². The van der Waals surface area contributed by atoms with E-state index in [1.807, 2.05) is 31.2 Å². The fraction of sp³-hybridized carbons (Fsp3) is 0.364. The van der Waals surface area contributed by atoms with Crippen LogP contribution in [0.15, 0.2) is 36.4 Å². The number of anilines is 2. The van der Waals surface area contributed by atoms with Gasteiger partial charge in [-0.1, -0.05) is 17.7 Å². The van der Waals surface area contributed by atoms with Gasteiger partial charge in [-0.25, -0.2) is 4.79 Å². The summed E-state index contributed by atoms with van der Waals surface area (Å²) in [4.78, 5) is 26.5. The average molecular weight is 413 g/mol. The summed E-state index contributed by atoms with van der Waals surface area (Å²) in [5, 5.41) is 5.60. The molecule has 8 heteroatoms. The smallest absolute Gasteiger partial charge is 0.319 e. The van der Waals surface area contributed by atoms with Crippen LogP contribution in [0.2, 0.25) is 0 Å². The number of carbonyl (C=O) groups is 2. The van der Waals surface area contributed by atoms with Crippen LogP contribution in [0.3, 0.4) is 0 Å². The highest BCUT2D eigenvalue weighted by Gasteiger charge is 2.30. The summed E-state index contributed by atoms with van der Waals surface area (Å²) in [7, 11) is 4.54. The molecular formula is C22H27N3O5. The first-order valence-electron chi connectivity index (χ1n) is 9.67. The second-order valence-electron chi connectivity index (χ2n) is 7.16. The van der Waals surface area contributed by atoms with E-state index in [0.717, 1.165) is 11.3 Å². The number of carbonyl (C=O) groups excluding carboxylic acids is 2. The third-order valence-electron chi connectivity index (χ3n) is 5.02. The Morgan fingerprint density at radius 1 is 1.07 bits per heavy atom. The highest BCUT2D eigenvalue weighted by atomic mass is 16.5. The van der Waals surface area contributed by atoms with Crippen molar-refractivity contribution in [3.05, 3.63) is 42.0 Å². The van der Waals surface area contributed by atoms with E-state index >= 15 is 0 Å². The predicted octanol–water partition coefficient (Wildman–Crippen LogP) is 3.20. The van der Waals surface area contributed by atoms with E-state index in [9.17, 15) is 9.59 Å². The van der Waals surface area contributed by atoms with Crippen molar-refractivity contribution in [3.8, 4) is 17.2 Å². The van der Waals surface area contributed by atoms with E-state index in [-0.39, 0.29) is 17.9 Å². The Labute approximate surface area is 176 Å². The minimum absolute atomic E-state index is 0.0458. The predicted molar refractivity (Wildman–Crippen MR) is 115 cm³/mol. The fourth-order valence-electron chi connectivity index (χ4n) is 3.46. The number of nitrogens with zero attached hydrogens (tertiary/aromatic N) is 1. The van der Waals surface area contributed by atoms with Gasteiger partial charge in [0.15, 0.2) is 11.5 Å². The Morgan fingerprint density at radius 2 is 1.70 bits per heavy atom. The Hall–Kier alpha value is -3.42. The van der Waals surface area contributed by atoms with Gasteiger partial charge in [0.05, 0.1) is 27.0 Å². The molecule has 3 rings (SSSR count). The molecule has 1 heterocycles. The molecule has 0 saturated carbocycles. The van der Waals surface area contributed by atoms with Gasteiger partial charge in [-0.15, -0.1) is 0 Å². The number of benzene rings is 2. The van der Waals surface area contributed by atoms with Gasteiger partial charge in [-0.05, 0) is 19.1 Å². The molecule has 2 aromatic carbocycles. The highest BCUT2D eigenvalue weighted by Crippen LogP contribution is 2.39. The summed E-state index contributed by atoms with van der Waals surface area (Å²) in [6.45, 7) is 2.98. The lowest BCUT2D eigenvalue weighted by atomic mass is 10.1. The minimum atomic E-state index is -0.370. The van der Waals surface area contributed by atoms with Gasteiger partial charge in [0.2, 0.25) is 11.7 Å². The minimum Gasteiger partial charge on any atom is -0.493 e. The molecule has 1 atom stereocenters. The number of rotatable bonds is 7. The molecule has 3 amide bonds. The molecule has 1 aliphatic heterocycles. The lowest BCUT2D eigenvalue weighted by Crippen LogP contribution is -2.34. The van der Waals surface area contributed by atoms with Crippen LogP contribution in [0.1, 0.15) is 12.0 Å². The molecule has 30 heavy (non-hydrogen) atoms. The van der Waals surface area contributed by atoms with E-state index in [0.29, 0.717) is 42.4 Å². The van der Waals surface area contributed by atoms with Crippen molar-refractivity contribution in [2.24, 2.45) is 5.92 Å². The molecule has 0 aliphatic carbocycles. The van der Waals surface area contributed by atoms with Gasteiger partial charge in [-0.3, -0.25) is 4.79 Å². The second kappa shape index (κ2) is 9.39. The summed E-state index contributed by atoms with van der Waals surface area (Å²) in [6.07, 6.45) is 0.401. The molecule has 1 saturated heterocycles. The SMILES string of the molecule is COc1cc(NC(=O)NCC2CC(=O)N(c3ccc(C)cc3)C2)cc(OC)c1OC. The van der Waals surface area contributed by atoms with Crippen molar-refractivity contribution in [1.82, 2.24) is 5.32 Å². The summed E-state index contributed by atoms with van der Waals surface area (Å²) in [5.41, 5.74) is 2.54. The largest absolute Gasteiger partial charge is 0.493 e. The Morgan fingerprint density at radius 3 is 2.27 bits per heavy atom. The first-order valence-corrected chi connectivity index (χ1v) is 9.67. The van der Waals surface area contributed by atoms with Crippen molar-refractivity contribution >= 4 is 23.3 Å². The zero-order chi connectivity index (χ0) is 21.7. The number of ether oxygens (including phenoxy) is 3. The Balaban J connectivity index is 1.57. The average Bonchev–Trinajstić information content (AvgIpc) is 3.12. The molecule has 0 bridgehead atoms. The quantitative estimate of drug-likeness (QED) is 0.728. The molecule has 1 aliphatic rings. The standard InChI is InChI=1S/C22H27N3O5/c1-14-5-7-17(8-6-14)25-13-15(9-20(25)26)12-23-22(27)24-16-10-18(28-2)21(30-4)19(11-16)29-3/h5-8,10-11,15H,9,12-13H2,1-4H3,(H2,23,24,27). The number of nitrogens with one attached hydrogen (secondary N) is 2. The van der Waals surface area contributed by atoms with Gasteiger partial charge >= 0.3 is 6.03 Å². The van der Waals surface area contributed by atoms with Crippen LogP contribution in [0.4, 0.5) is 16.2 Å². The number of amides is 3. The van der Waals surface area contributed by atoms with Crippen LogP contribution in [-0.4, -0.2) is 46.4 Å². The molecular weight excluding hydrogens is 386 g/mol. The molecule has 0 spiro atoms. The molecule has 1 fully saturated rings. The zero-order valence-corrected chi connectivity index (χ0v) is 17.7. The first kappa shape index (κ1) is 21.3. The zero-order valence-electron chi connectivity index (χ0n) is 17.7. The number of aryl methyl sites for hydroxylation is 1. The van der Waals surface area contributed by atoms with E-state index < -0.39 is 0 Å². The van der Waals surface area contributed by atoms with Crippen LogP contribution in [0.5, 0.6) is 17.2 Å². The van der Waals surface area contributed by atoms with Crippen molar-refractivity contribution < 1.29 is 23.8 Å². The van der Waals surface area contributed by atoms with Crippen LogP contribution in [-0.2, 0) is 4.79 Å². The monoisotopic (exact) mass is 413 g/mol. The van der Waals surface area contributed by atoms with Gasteiger partial charge in [-0.2, -0.15) is 0 Å². The summed E-state index contributed by atoms with van der Waals surface area (Å²) < 4.78 is 15.9. The second-order valence-corrected chi connectivity index (χ2v) is 7.16. The molecule has 2 N–H and O–H groups in total. The number of urea groups is 1. The molecule has 0 aromatic heterocycles. The van der Waals surface area contributed by atoms with E-state index in [4.69, 9.17) is 14.2 Å². The third-order valence-corrected chi connectivity index (χ3v) is 5.02. The van der Waals surface area contributed by atoms with Crippen LogP contribution in [0, 0.1) is 12.8 Å². The molecule has 2 aromatic rings. The topological polar surface area (TPSA) is 89.1 Å². The van der Waals surface area contributed by atoms with Crippen molar-refractivity contribution in [1.29, 1.82) is 0 Å². The van der Waals surface area contributed by atoms with Gasteiger partial charge in [0.1, 0.15) is 0 Å². The van der Waals surface area contributed by atoms with Crippen LogP contribution >= 0.6 is 0 Å². The van der Waals surface area contributed by atoms with Gasteiger partial charge < -0.3 is 29.7 Å². The van der Waals surface area contributed by atoms with Crippen LogP contribution < -0.4 is 29.7 Å². The lowest BCUT2D eigenvalue weighted by Gasteiger charge is -2.17. The lowest BCUT2D eigenvalue weighted by molar-refractivity contribution is -0.117. The van der Waals surface area contributed by atoms with Crippen LogP contribution in [0.25, 0.3) is 0 Å².